The van der Waals surface area contributed by atoms with E-state index in [9.17, 15) is 9.59 Å². The lowest BCUT2D eigenvalue weighted by Gasteiger charge is -2.33. The number of ether oxygens (including phenoxy) is 2. The fraction of sp³-hybridized carbons (Fsp3) is 0.306. The SMILES string of the molecule is Cc1ccc(Oc2cccc(/C=C3\CCN(C(=O)Nc4onc(C)c4C)CC3C)c2)cn1.Cc1ccc(Oc2cccc(C=C3CCN(C(=O)Nc4cnoc4C)CC3C)c2)cn1. The largest absolute Gasteiger partial charge is 0.456 e. The van der Waals surface area contributed by atoms with Gasteiger partial charge in [-0.3, -0.25) is 15.3 Å². The molecule has 4 aromatic heterocycles. The van der Waals surface area contributed by atoms with Gasteiger partial charge in [0.15, 0.2) is 5.76 Å². The molecule has 0 aliphatic carbocycles. The van der Waals surface area contributed by atoms with Crippen LogP contribution in [0.1, 0.15) is 66.2 Å². The highest BCUT2D eigenvalue weighted by atomic mass is 16.5. The number of carbonyl (C=O) groups is 2. The third kappa shape index (κ3) is 11.8. The van der Waals surface area contributed by atoms with Crippen LogP contribution < -0.4 is 20.1 Å². The lowest BCUT2D eigenvalue weighted by atomic mass is 9.91. The molecule has 4 amide bonds. The lowest BCUT2D eigenvalue weighted by Crippen LogP contribution is -2.42. The minimum atomic E-state index is -0.155. The van der Waals surface area contributed by atoms with Gasteiger partial charge >= 0.3 is 12.1 Å². The first-order chi connectivity index (χ1) is 30.4. The number of hydrogen-bond acceptors (Lipinski definition) is 10. The number of aromatic nitrogens is 4. The standard InChI is InChI=1S/C25H28N4O3.C24H26N4O3/c1-16-15-29(25(30)27-24-18(3)19(4)28-32-24)11-10-21(16)12-20-6-5-7-22(13-20)31-23-9-8-17(2)26-14-23;1-16-15-28(24(29)27-23-14-26-31-18(23)3)10-9-20(16)11-19-5-4-6-21(12-19)30-22-8-7-17(2)25-13-22/h5-9,12-14,16H,10-11,15H2,1-4H3,(H,27,30);4-8,11-14,16H,9-10,15H2,1-3H3,(H,27,29)/b21-12+;. The van der Waals surface area contributed by atoms with Crippen LogP contribution in [0.4, 0.5) is 21.2 Å². The summed E-state index contributed by atoms with van der Waals surface area (Å²) in [7, 11) is 0. The molecule has 2 atom stereocenters. The van der Waals surface area contributed by atoms with Crippen LogP contribution in [0.15, 0.2) is 112 Å². The summed E-state index contributed by atoms with van der Waals surface area (Å²) >= 11 is 0. The Morgan fingerprint density at radius 1 is 0.667 bits per heavy atom. The first-order valence-electron chi connectivity index (χ1n) is 21.1. The van der Waals surface area contributed by atoms with Crippen LogP contribution in [-0.4, -0.2) is 68.3 Å². The molecule has 2 N–H and O–H groups in total. The van der Waals surface area contributed by atoms with E-state index in [1.165, 1.54) is 17.3 Å². The topological polar surface area (TPSA) is 161 Å². The van der Waals surface area contributed by atoms with Crippen LogP contribution >= 0.6 is 0 Å². The van der Waals surface area contributed by atoms with Crippen LogP contribution in [0.2, 0.25) is 0 Å². The molecule has 0 bridgehead atoms. The van der Waals surface area contributed by atoms with Crippen LogP contribution in [-0.2, 0) is 0 Å². The molecule has 2 aromatic carbocycles. The van der Waals surface area contributed by atoms with Gasteiger partial charge in [0.1, 0.15) is 28.7 Å². The average molecular weight is 851 g/mol. The van der Waals surface area contributed by atoms with E-state index in [0.29, 0.717) is 55.0 Å². The fourth-order valence-corrected chi connectivity index (χ4v) is 7.28. The van der Waals surface area contributed by atoms with Gasteiger partial charge in [-0.25, -0.2) is 9.59 Å². The van der Waals surface area contributed by atoms with Crippen molar-refractivity contribution >= 4 is 35.8 Å². The lowest BCUT2D eigenvalue weighted by molar-refractivity contribution is 0.196. The molecule has 8 rings (SSSR count). The molecule has 0 spiro atoms. The number of rotatable bonds is 8. The molecular formula is C49H54N8O6. The second-order valence-corrected chi connectivity index (χ2v) is 16.1. The van der Waals surface area contributed by atoms with Gasteiger partial charge < -0.3 is 33.6 Å². The number of anilines is 2. The molecule has 0 radical (unpaired) electrons. The second kappa shape index (κ2) is 20.1. The highest BCUT2D eigenvalue weighted by molar-refractivity contribution is 5.90. The quantitative estimate of drug-likeness (QED) is 0.151. The van der Waals surface area contributed by atoms with Crippen molar-refractivity contribution in [1.29, 1.82) is 0 Å². The number of carbonyl (C=O) groups excluding carboxylic acids is 2. The molecule has 14 nitrogen and oxygen atoms in total. The van der Waals surface area contributed by atoms with Crippen molar-refractivity contribution in [2.24, 2.45) is 11.8 Å². The average Bonchev–Trinajstić information content (AvgIpc) is 3.83. The third-order valence-electron chi connectivity index (χ3n) is 11.2. The summed E-state index contributed by atoms with van der Waals surface area (Å²) in [5.41, 5.74) is 8.95. The van der Waals surface area contributed by atoms with Crippen molar-refractivity contribution in [3.05, 3.63) is 142 Å². The van der Waals surface area contributed by atoms with E-state index >= 15 is 0 Å². The van der Waals surface area contributed by atoms with E-state index in [-0.39, 0.29) is 23.9 Å². The van der Waals surface area contributed by atoms with Gasteiger partial charge in [0.25, 0.3) is 0 Å². The molecule has 326 valence electrons. The molecule has 2 fully saturated rings. The molecule has 2 saturated heterocycles. The van der Waals surface area contributed by atoms with Crippen molar-refractivity contribution < 1.29 is 28.1 Å². The van der Waals surface area contributed by atoms with Gasteiger partial charge in [0.05, 0.1) is 24.3 Å². The van der Waals surface area contributed by atoms with E-state index in [0.717, 1.165) is 58.1 Å². The van der Waals surface area contributed by atoms with Crippen LogP contribution in [0.3, 0.4) is 0 Å². The monoisotopic (exact) mass is 850 g/mol. The molecular weight excluding hydrogens is 797 g/mol. The number of aryl methyl sites for hydroxylation is 4. The molecule has 14 heteroatoms. The maximum atomic E-state index is 12.7. The number of nitrogens with zero attached hydrogens (tertiary/aromatic N) is 6. The zero-order valence-corrected chi connectivity index (χ0v) is 36.8. The van der Waals surface area contributed by atoms with Crippen LogP contribution in [0.25, 0.3) is 12.2 Å². The van der Waals surface area contributed by atoms with Gasteiger partial charge in [-0.05, 0) is 119 Å². The fourth-order valence-electron chi connectivity index (χ4n) is 7.28. The van der Waals surface area contributed by atoms with Crippen molar-refractivity contribution in [2.45, 2.75) is 61.3 Å². The Kier molecular flexibility index (Phi) is 14.0. The Labute approximate surface area is 368 Å². The molecule has 63 heavy (non-hydrogen) atoms. The number of piperidine rings is 2. The van der Waals surface area contributed by atoms with Crippen LogP contribution in [0, 0.1) is 46.5 Å². The van der Waals surface area contributed by atoms with Gasteiger partial charge in [-0.15, -0.1) is 0 Å². The number of urea groups is 2. The Morgan fingerprint density at radius 3 is 1.62 bits per heavy atom. The molecule has 2 unspecified atom stereocenters. The summed E-state index contributed by atoms with van der Waals surface area (Å²) in [5.74, 6) is 4.49. The number of benzene rings is 2. The summed E-state index contributed by atoms with van der Waals surface area (Å²) < 4.78 is 22.1. The van der Waals surface area contributed by atoms with Crippen molar-refractivity contribution in [3.63, 3.8) is 0 Å². The highest BCUT2D eigenvalue weighted by Gasteiger charge is 2.27. The number of pyridine rings is 2. The van der Waals surface area contributed by atoms with Crippen LogP contribution in [0.5, 0.6) is 23.0 Å². The smallest absolute Gasteiger partial charge is 0.324 e. The summed E-state index contributed by atoms with van der Waals surface area (Å²) in [6, 6.07) is 23.4. The van der Waals surface area contributed by atoms with Gasteiger partial charge in [0, 0.05) is 43.1 Å². The first kappa shape index (κ1) is 43.9. The second-order valence-electron chi connectivity index (χ2n) is 16.1. The van der Waals surface area contributed by atoms with E-state index in [1.807, 2.05) is 98.2 Å². The van der Waals surface area contributed by atoms with Gasteiger partial charge in [-0.1, -0.05) is 71.7 Å². The zero-order chi connectivity index (χ0) is 44.5. The third-order valence-corrected chi connectivity index (χ3v) is 11.2. The Hall–Kier alpha value is -7.22. The molecule has 2 aliphatic heterocycles. The molecule has 2 aliphatic rings. The Morgan fingerprint density at radius 2 is 1.19 bits per heavy atom. The Bertz CT molecular complexity index is 2580. The van der Waals surface area contributed by atoms with E-state index in [2.05, 4.69) is 69.0 Å². The number of nitrogens with one attached hydrogen (secondary N) is 2. The Balaban J connectivity index is 0.000000189. The predicted octanol–water partition coefficient (Wildman–Crippen LogP) is 11.2. The predicted molar refractivity (Wildman–Crippen MR) is 243 cm³/mol. The minimum Gasteiger partial charge on any atom is -0.456 e. The van der Waals surface area contributed by atoms with E-state index in [4.69, 9.17) is 18.5 Å². The molecule has 6 aromatic rings. The summed E-state index contributed by atoms with van der Waals surface area (Å²) in [6.07, 6.45) is 11.0. The number of likely N-dealkylation sites (tertiary alicyclic amines) is 2. The molecule has 0 saturated carbocycles. The van der Waals surface area contributed by atoms with E-state index < -0.39 is 0 Å². The zero-order valence-electron chi connectivity index (χ0n) is 36.8. The number of amides is 4. The first-order valence-corrected chi connectivity index (χ1v) is 21.1. The highest BCUT2D eigenvalue weighted by Crippen LogP contribution is 2.30. The summed E-state index contributed by atoms with van der Waals surface area (Å²) in [6.45, 7) is 16.3. The van der Waals surface area contributed by atoms with E-state index in [1.54, 1.807) is 19.3 Å². The maximum Gasteiger partial charge on any atom is 0.324 e. The van der Waals surface area contributed by atoms with Crippen molar-refractivity contribution in [3.8, 4) is 23.0 Å². The van der Waals surface area contributed by atoms with Crippen molar-refractivity contribution in [2.75, 3.05) is 36.8 Å². The summed E-state index contributed by atoms with van der Waals surface area (Å²) in [4.78, 5) is 37.4. The minimum absolute atomic E-state index is 0.126. The maximum absolute atomic E-state index is 12.7. The molecule has 6 heterocycles. The number of hydrogen-bond donors (Lipinski definition) is 2. The normalized spacial score (nSPS) is 17.5. The summed E-state index contributed by atoms with van der Waals surface area (Å²) in [5, 5.41) is 13.3. The van der Waals surface area contributed by atoms with Gasteiger partial charge in [-0.2, -0.15) is 0 Å². The van der Waals surface area contributed by atoms with Crippen molar-refractivity contribution in [1.82, 2.24) is 30.1 Å². The van der Waals surface area contributed by atoms with Gasteiger partial charge in [0.2, 0.25) is 5.88 Å².